The van der Waals surface area contributed by atoms with Gasteiger partial charge in [0.05, 0.1) is 0 Å². The zero-order valence-electron chi connectivity index (χ0n) is 14.1. The van der Waals surface area contributed by atoms with Crippen molar-refractivity contribution in [3.8, 4) is 0 Å². The maximum Gasteiger partial charge on any atom is 0.407 e. The summed E-state index contributed by atoms with van der Waals surface area (Å²) in [5.41, 5.74) is 1.85. The van der Waals surface area contributed by atoms with Crippen LogP contribution < -0.4 is 10.6 Å². The number of carbonyl (C=O) groups is 1. The van der Waals surface area contributed by atoms with E-state index in [9.17, 15) is 4.79 Å². The van der Waals surface area contributed by atoms with E-state index >= 15 is 0 Å². The highest BCUT2D eigenvalue weighted by molar-refractivity contribution is 6.31. The van der Waals surface area contributed by atoms with Gasteiger partial charge in [-0.25, -0.2) is 4.79 Å². The Morgan fingerprint density at radius 2 is 2.05 bits per heavy atom. The van der Waals surface area contributed by atoms with Gasteiger partial charge < -0.3 is 15.4 Å². The van der Waals surface area contributed by atoms with Crippen LogP contribution in [0.1, 0.15) is 38.3 Å². The molecule has 22 heavy (non-hydrogen) atoms. The Balaban J connectivity index is 2.42. The first-order valence-electron chi connectivity index (χ1n) is 7.60. The van der Waals surface area contributed by atoms with E-state index in [0.717, 1.165) is 23.4 Å². The number of halogens is 1. The summed E-state index contributed by atoms with van der Waals surface area (Å²) in [7, 11) is 1.93. The minimum Gasteiger partial charge on any atom is -0.444 e. The number of nitrogens with one attached hydrogen (secondary N) is 2. The maximum absolute atomic E-state index is 11.6. The minimum atomic E-state index is -0.465. The molecule has 0 aliphatic rings. The van der Waals surface area contributed by atoms with Gasteiger partial charge in [0.25, 0.3) is 0 Å². The fourth-order valence-corrected chi connectivity index (χ4v) is 2.25. The smallest absolute Gasteiger partial charge is 0.407 e. The van der Waals surface area contributed by atoms with Gasteiger partial charge in [0, 0.05) is 17.6 Å². The molecule has 1 aromatic carbocycles. The molecule has 2 N–H and O–H groups in total. The van der Waals surface area contributed by atoms with Gasteiger partial charge in [0.15, 0.2) is 0 Å². The van der Waals surface area contributed by atoms with Gasteiger partial charge in [-0.3, -0.25) is 0 Å². The Kier molecular flexibility index (Phi) is 7.17. The molecular formula is C17H27ClN2O2. The average molecular weight is 327 g/mol. The Morgan fingerprint density at radius 3 is 2.59 bits per heavy atom. The fraction of sp³-hybridized carbons (Fsp3) is 0.588. The molecule has 0 bridgehead atoms. The molecule has 0 spiro atoms. The lowest BCUT2D eigenvalue weighted by molar-refractivity contribution is 0.0526. The minimum absolute atomic E-state index is 0.288. The van der Waals surface area contributed by atoms with Crippen LogP contribution in [-0.4, -0.2) is 31.3 Å². The molecule has 1 atom stereocenters. The number of ether oxygens (including phenoxy) is 1. The Hall–Kier alpha value is -1.26. The molecule has 1 aromatic rings. The number of amides is 1. The van der Waals surface area contributed by atoms with E-state index in [-0.39, 0.29) is 12.1 Å². The monoisotopic (exact) mass is 326 g/mol. The van der Waals surface area contributed by atoms with E-state index in [2.05, 4.69) is 16.7 Å². The predicted molar refractivity (Wildman–Crippen MR) is 91.6 cm³/mol. The second kappa shape index (κ2) is 8.39. The normalized spacial score (nSPS) is 12.8. The predicted octanol–water partition coefficient (Wildman–Crippen LogP) is 3.69. The molecule has 0 saturated carbocycles. The van der Waals surface area contributed by atoms with E-state index in [0.29, 0.717) is 6.54 Å². The highest BCUT2D eigenvalue weighted by Crippen LogP contribution is 2.17. The van der Waals surface area contributed by atoms with Crippen molar-refractivity contribution in [3.63, 3.8) is 0 Å². The van der Waals surface area contributed by atoms with Crippen LogP contribution in [-0.2, 0) is 11.2 Å². The molecule has 1 unspecified atom stereocenters. The van der Waals surface area contributed by atoms with Crippen molar-refractivity contribution in [2.75, 3.05) is 13.6 Å². The molecule has 5 heteroatoms. The summed E-state index contributed by atoms with van der Waals surface area (Å²) >= 11 is 6.05. The molecule has 1 amide bonds. The van der Waals surface area contributed by atoms with Crippen molar-refractivity contribution in [1.82, 2.24) is 10.6 Å². The first kappa shape index (κ1) is 18.8. The van der Waals surface area contributed by atoms with E-state index in [4.69, 9.17) is 16.3 Å². The van der Waals surface area contributed by atoms with Crippen LogP contribution in [0.15, 0.2) is 18.2 Å². The van der Waals surface area contributed by atoms with Gasteiger partial charge in [0.2, 0.25) is 0 Å². The van der Waals surface area contributed by atoms with Crippen LogP contribution in [0.4, 0.5) is 4.79 Å². The third-order valence-corrected chi connectivity index (χ3v) is 3.70. The molecule has 0 aromatic heterocycles. The molecule has 0 aliphatic carbocycles. The van der Waals surface area contributed by atoms with E-state index in [1.54, 1.807) is 0 Å². The number of rotatable bonds is 6. The summed E-state index contributed by atoms with van der Waals surface area (Å²) in [6, 6.07) is 6.36. The number of hydrogen-bond donors (Lipinski definition) is 2. The summed E-state index contributed by atoms with van der Waals surface area (Å²) in [5.74, 6) is 0. The lowest BCUT2D eigenvalue weighted by atomic mass is 10.0. The molecule has 0 heterocycles. The van der Waals surface area contributed by atoms with Gasteiger partial charge in [-0.1, -0.05) is 23.7 Å². The topological polar surface area (TPSA) is 50.4 Å². The molecule has 0 aliphatic heterocycles. The summed E-state index contributed by atoms with van der Waals surface area (Å²) in [6.07, 6.45) is 1.35. The van der Waals surface area contributed by atoms with E-state index in [1.165, 1.54) is 5.56 Å². The zero-order chi connectivity index (χ0) is 16.8. The van der Waals surface area contributed by atoms with Gasteiger partial charge in [-0.2, -0.15) is 0 Å². The molecule has 0 saturated heterocycles. The molecule has 0 fully saturated rings. The summed E-state index contributed by atoms with van der Waals surface area (Å²) in [5, 5.41) is 6.86. The van der Waals surface area contributed by atoms with Crippen LogP contribution in [0.2, 0.25) is 5.02 Å². The second-order valence-electron chi connectivity index (χ2n) is 6.49. The van der Waals surface area contributed by atoms with Crippen molar-refractivity contribution >= 4 is 17.7 Å². The number of benzene rings is 1. The standard InChI is InChI=1S/C17H27ClN2O2/c1-12-10-13(6-7-15(12)18)11-14(19-5)8-9-20-16(21)22-17(2,3)4/h6-7,10,14,19H,8-9,11H2,1-5H3,(H,20,21). The zero-order valence-corrected chi connectivity index (χ0v) is 14.9. The third kappa shape index (κ3) is 7.14. The van der Waals surface area contributed by atoms with E-state index in [1.807, 2.05) is 46.9 Å². The molecule has 4 nitrogen and oxygen atoms in total. The van der Waals surface area contributed by atoms with Gasteiger partial charge >= 0.3 is 6.09 Å². The Morgan fingerprint density at radius 1 is 1.36 bits per heavy atom. The van der Waals surface area contributed by atoms with E-state index < -0.39 is 5.60 Å². The fourth-order valence-electron chi connectivity index (χ4n) is 2.13. The van der Waals surface area contributed by atoms with Crippen LogP contribution in [0.5, 0.6) is 0 Å². The Labute approximate surface area is 138 Å². The number of aryl methyl sites for hydroxylation is 1. The summed E-state index contributed by atoms with van der Waals surface area (Å²) in [4.78, 5) is 11.6. The lowest BCUT2D eigenvalue weighted by Crippen LogP contribution is -2.36. The summed E-state index contributed by atoms with van der Waals surface area (Å²) in [6.45, 7) is 8.14. The van der Waals surface area contributed by atoms with Crippen LogP contribution in [0, 0.1) is 6.92 Å². The molecular weight excluding hydrogens is 300 g/mol. The van der Waals surface area contributed by atoms with Crippen molar-refractivity contribution < 1.29 is 9.53 Å². The summed E-state index contributed by atoms with van der Waals surface area (Å²) < 4.78 is 5.22. The number of hydrogen-bond acceptors (Lipinski definition) is 3. The van der Waals surface area contributed by atoms with Crippen molar-refractivity contribution in [2.24, 2.45) is 0 Å². The first-order valence-corrected chi connectivity index (χ1v) is 7.98. The van der Waals surface area contributed by atoms with Crippen LogP contribution in [0.25, 0.3) is 0 Å². The molecule has 1 rings (SSSR count). The average Bonchev–Trinajstić information content (AvgIpc) is 2.39. The van der Waals surface area contributed by atoms with Crippen molar-refractivity contribution in [1.29, 1.82) is 0 Å². The van der Waals surface area contributed by atoms with Gasteiger partial charge in [-0.05, 0) is 64.8 Å². The number of alkyl carbamates (subject to hydrolysis) is 1. The highest BCUT2D eigenvalue weighted by Gasteiger charge is 2.16. The largest absolute Gasteiger partial charge is 0.444 e. The third-order valence-electron chi connectivity index (χ3n) is 3.27. The van der Waals surface area contributed by atoms with Gasteiger partial charge in [0.1, 0.15) is 5.60 Å². The van der Waals surface area contributed by atoms with Gasteiger partial charge in [-0.15, -0.1) is 0 Å². The van der Waals surface area contributed by atoms with Crippen LogP contribution in [0.3, 0.4) is 0 Å². The number of likely N-dealkylation sites (N-methyl/N-ethyl adjacent to an activating group) is 1. The SMILES string of the molecule is CNC(CCNC(=O)OC(C)(C)C)Cc1ccc(Cl)c(C)c1. The molecule has 124 valence electrons. The number of carbonyl (C=O) groups excluding carboxylic acids is 1. The van der Waals surface area contributed by atoms with Crippen LogP contribution >= 0.6 is 11.6 Å². The lowest BCUT2D eigenvalue weighted by Gasteiger charge is -2.21. The van der Waals surface area contributed by atoms with Crippen molar-refractivity contribution in [2.45, 2.75) is 52.2 Å². The molecule has 0 radical (unpaired) electrons. The first-order chi connectivity index (χ1) is 10.2. The quantitative estimate of drug-likeness (QED) is 0.838. The maximum atomic E-state index is 11.6. The van der Waals surface area contributed by atoms with Crippen molar-refractivity contribution in [3.05, 3.63) is 34.3 Å². The highest BCUT2D eigenvalue weighted by atomic mass is 35.5. The Bertz CT molecular complexity index is 498. The second-order valence-corrected chi connectivity index (χ2v) is 6.90.